The molecule has 2 aromatic rings. The fourth-order valence-electron chi connectivity index (χ4n) is 3.56. The molecule has 1 saturated carbocycles. The predicted octanol–water partition coefficient (Wildman–Crippen LogP) is 6.08. The van der Waals surface area contributed by atoms with Crippen molar-refractivity contribution in [2.75, 3.05) is 29.9 Å². The molecule has 1 aliphatic heterocycles. The van der Waals surface area contributed by atoms with E-state index in [9.17, 15) is 9.59 Å². The fourth-order valence-corrected chi connectivity index (χ4v) is 5.28. The molecule has 0 saturated heterocycles. The lowest BCUT2D eigenvalue weighted by Gasteiger charge is -2.29. The molecule has 1 fully saturated rings. The van der Waals surface area contributed by atoms with Crippen LogP contribution in [0.15, 0.2) is 64.4 Å². The number of thioether (sulfide) groups is 1. The minimum absolute atomic E-state index is 0.0994. The molecule has 7 heteroatoms. The summed E-state index contributed by atoms with van der Waals surface area (Å²) in [6.45, 7) is 0. The molecular weight excluding hydrogens is 450 g/mol. The highest BCUT2D eigenvalue weighted by molar-refractivity contribution is 8.02. The summed E-state index contributed by atoms with van der Waals surface area (Å²) in [5.41, 5.74) is 4.15. The molecular formula is C26H31N3O2S2. The minimum Gasteiger partial charge on any atom is -0.387 e. The maximum absolute atomic E-state index is 11.9. The van der Waals surface area contributed by atoms with E-state index in [-0.39, 0.29) is 5.57 Å². The second kappa shape index (κ2) is 13.2. The van der Waals surface area contributed by atoms with Crippen LogP contribution in [-0.2, 0) is 9.59 Å². The second-order valence-corrected chi connectivity index (χ2v) is 9.55. The summed E-state index contributed by atoms with van der Waals surface area (Å²) in [4.78, 5) is 24.4. The Morgan fingerprint density at radius 2 is 1.91 bits per heavy atom. The largest absolute Gasteiger partial charge is 0.387 e. The number of rotatable bonds is 8. The number of benzene rings is 2. The Labute approximate surface area is 205 Å². The molecule has 0 spiro atoms. The predicted molar refractivity (Wildman–Crippen MR) is 143 cm³/mol. The van der Waals surface area contributed by atoms with Gasteiger partial charge < -0.3 is 15.4 Å². The van der Waals surface area contributed by atoms with E-state index in [4.69, 9.17) is 0 Å². The smallest absolute Gasteiger partial charge is 0.254 e. The Kier molecular flexibility index (Phi) is 9.97. The van der Waals surface area contributed by atoms with Gasteiger partial charge in [0.2, 0.25) is 0 Å². The Morgan fingerprint density at radius 1 is 1.12 bits per heavy atom. The van der Waals surface area contributed by atoms with Crippen LogP contribution in [0.1, 0.15) is 42.7 Å². The maximum Gasteiger partial charge on any atom is 0.254 e. The van der Waals surface area contributed by atoms with Gasteiger partial charge >= 0.3 is 0 Å². The third-order valence-electron chi connectivity index (χ3n) is 5.58. The quantitative estimate of drug-likeness (QED) is 0.140. The number of carbonyl (C=O) groups excluding carboxylic acids is 2. The van der Waals surface area contributed by atoms with Gasteiger partial charge in [-0.05, 0) is 71.9 Å². The molecule has 2 aliphatic rings. The van der Waals surface area contributed by atoms with Crippen LogP contribution in [0.25, 0.3) is 6.08 Å². The highest BCUT2D eigenvalue weighted by Gasteiger charge is 2.25. The number of amides is 1. The molecule has 0 radical (unpaired) electrons. The summed E-state index contributed by atoms with van der Waals surface area (Å²) < 4.78 is 3.41. The van der Waals surface area contributed by atoms with Crippen LogP contribution in [0.5, 0.6) is 0 Å². The van der Waals surface area contributed by atoms with E-state index >= 15 is 0 Å². The zero-order chi connectivity index (χ0) is 23.5. The number of anilines is 2. The summed E-state index contributed by atoms with van der Waals surface area (Å²) in [7, 11) is 3.38. The molecule has 2 aromatic carbocycles. The first-order valence-corrected chi connectivity index (χ1v) is 13.0. The van der Waals surface area contributed by atoms with Gasteiger partial charge in [-0.25, -0.2) is 0 Å². The Balaban J connectivity index is 0.000000541. The van der Waals surface area contributed by atoms with E-state index in [0.717, 1.165) is 21.8 Å². The first-order valence-electron chi connectivity index (χ1n) is 11.2. The van der Waals surface area contributed by atoms with Crippen LogP contribution in [0.2, 0.25) is 0 Å². The lowest BCUT2D eigenvalue weighted by molar-refractivity contribution is -0.118. The Bertz CT molecular complexity index is 996. The van der Waals surface area contributed by atoms with Gasteiger partial charge in [-0.2, -0.15) is 0 Å². The molecule has 0 atom stereocenters. The molecule has 1 heterocycles. The van der Waals surface area contributed by atoms with Gasteiger partial charge in [0.15, 0.2) is 6.29 Å². The average Bonchev–Trinajstić information content (AvgIpc) is 3.41. The van der Waals surface area contributed by atoms with E-state index in [0.29, 0.717) is 12.2 Å². The van der Waals surface area contributed by atoms with Crippen LogP contribution >= 0.6 is 23.7 Å². The number of hydrogen-bond donors (Lipinski definition) is 3. The fraction of sp³-hybridized carbons (Fsp3) is 0.308. The molecule has 174 valence electrons. The Hall–Kier alpha value is -2.64. The number of allylic oxidation sites excluding steroid dienone is 1. The number of para-hydroxylation sites is 1. The lowest BCUT2D eigenvalue weighted by atomic mass is 9.79. The molecule has 3 N–H and O–H groups in total. The molecule has 0 bridgehead atoms. The van der Waals surface area contributed by atoms with Gasteiger partial charge in [0.25, 0.3) is 5.91 Å². The van der Waals surface area contributed by atoms with Crippen molar-refractivity contribution in [2.45, 2.75) is 36.5 Å². The molecule has 33 heavy (non-hydrogen) atoms. The first kappa shape index (κ1) is 25.0. The molecule has 5 nitrogen and oxygen atoms in total. The van der Waals surface area contributed by atoms with Crippen molar-refractivity contribution < 1.29 is 9.59 Å². The molecule has 4 rings (SSSR count). The lowest BCUT2D eigenvalue weighted by Crippen LogP contribution is -2.20. The first-order chi connectivity index (χ1) is 16.2. The van der Waals surface area contributed by atoms with Crippen LogP contribution in [0, 0.1) is 0 Å². The van der Waals surface area contributed by atoms with Gasteiger partial charge in [-0.1, -0.05) is 42.8 Å². The van der Waals surface area contributed by atoms with Gasteiger partial charge in [0, 0.05) is 25.5 Å². The summed E-state index contributed by atoms with van der Waals surface area (Å²) in [5.74, 6) is 1.46. The monoisotopic (exact) mass is 481 g/mol. The minimum atomic E-state index is -0.392. The van der Waals surface area contributed by atoms with Crippen LogP contribution < -0.4 is 15.4 Å². The highest BCUT2D eigenvalue weighted by Crippen LogP contribution is 2.45. The molecule has 1 amide bonds. The number of carbonyl (C=O) groups is 2. The van der Waals surface area contributed by atoms with Crippen molar-refractivity contribution in [1.29, 1.82) is 0 Å². The standard InChI is InChI=1S/C22H25N3O2S.C4H6S/c1-23-20-16(13-17(14-26)22(27)24-2)11-12-19(15-7-6-8-15)21(20)28-25-18-9-4-3-5-10-18;1-2-4-5-3-1/h3-5,9-15,23,25H,6-8H2,1-2H3,(H,24,27);1,3H,2,4H2/b17-13+;. The van der Waals surface area contributed by atoms with Crippen molar-refractivity contribution in [3.05, 3.63) is 70.6 Å². The van der Waals surface area contributed by atoms with Crippen molar-refractivity contribution in [1.82, 2.24) is 5.32 Å². The normalized spacial score (nSPS) is 15.2. The average molecular weight is 482 g/mol. The highest BCUT2D eigenvalue weighted by atomic mass is 32.2. The second-order valence-electron chi connectivity index (χ2n) is 7.72. The van der Waals surface area contributed by atoms with Crippen LogP contribution in [0.4, 0.5) is 11.4 Å². The number of nitrogens with one attached hydrogen (secondary N) is 3. The molecule has 0 aromatic heterocycles. The summed E-state index contributed by atoms with van der Waals surface area (Å²) >= 11 is 3.45. The molecule has 0 unspecified atom stereocenters. The van der Waals surface area contributed by atoms with Gasteiger partial charge in [-0.15, -0.1) is 11.8 Å². The van der Waals surface area contributed by atoms with E-state index in [1.54, 1.807) is 18.0 Å². The van der Waals surface area contributed by atoms with E-state index in [1.807, 2.05) is 55.2 Å². The summed E-state index contributed by atoms with van der Waals surface area (Å²) in [6, 6.07) is 14.1. The van der Waals surface area contributed by atoms with Gasteiger partial charge in [-0.3, -0.25) is 9.59 Å². The Morgan fingerprint density at radius 3 is 2.42 bits per heavy atom. The van der Waals surface area contributed by atoms with Crippen LogP contribution in [-0.4, -0.2) is 32.0 Å². The third-order valence-corrected chi connectivity index (χ3v) is 7.42. The zero-order valence-corrected chi connectivity index (χ0v) is 20.7. The summed E-state index contributed by atoms with van der Waals surface area (Å²) in [6.07, 6.45) is 9.34. The number of hydrogen-bond acceptors (Lipinski definition) is 6. The van der Waals surface area contributed by atoms with Crippen LogP contribution in [0.3, 0.4) is 0 Å². The van der Waals surface area contributed by atoms with Crippen molar-refractivity contribution in [3.8, 4) is 0 Å². The van der Waals surface area contributed by atoms with Crippen molar-refractivity contribution >= 4 is 53.4 Å². The maximum atomic E-state index is 11.9. The van der Waals surface area contributed by atoms with E-state index < -0.39 is 5.91 Å². The third kappa shape index (κ3) is 6.92. The number of aldehydes is 1. The summed E-state index contributed by atoms with van der Waals surface area (Å²) in [5, 5.41) is 7.94. The van der Waals surface area contributed by atoms with E-state index in [1.165, 1.54) is 44.0 Å². The van der Waals surface area contributed by atoms with Crippen molar-refractivity contribution in [3.63, 3.8) is 0 Å². The molecule has 1 aliphatic carbocycles. The number of likely N-dealkylation sites (N-methyl/N-ethyl adjacent to an activating group) is 1. The topological polar surface area (TPSA) is 70.2 Å². The van der Waals surface area contributed by atoms with Gasteiger partial charge in [0.05, 0.1) is 16.2 Å². The van der Waals surface area contributed by atoms with E-state index in [2.05, 4.69) is 32.9 Å². The van der Waals surface area contributed by atoms with Crippen molar-refractivity contribution in [2.24, 2.45) is 0 Å². The van der Waals surface area contributed by atoms with Gasteiger partial charge in [0.1, 0.15) is 0 Å². The SMILES string of the molecule is C1=CSCC1.CNC(=O)/C(C=O)=C/c1ccc(C2CCC2)c(SNc2ccccc2)c1NC. The zero-order valence-electron chi connectivity index (χ0n) is 19.1.